The van der Waals surface area contributed by atoms with Crippen molar-refractivity contribution < 1.29 is 0 Å². The van der Waals surface area contributed by atoms with Crippen molar-refractivity contribution in [2.45, 2.75) is 38.5 Å². The van der Waals surface area contributed by atoms with Crippen LogP contribution >= 0.6 is 0 Å². The average Bonchev–Trinajstić information content (AvgIpc) is 3.72. The number of rotatable bonds is 6. The maximum atomic E-state index is 9.52. The van der Waals surface area contributed by atoms with Gasteiger partial charge in [-0.1, -0.05) is 167 Å². The topological polar surface area (TPSA) is 27.0 Å². The molecule has 0 saturated carbocycles. The fourth-order valence-electron chi connectivity index (χ4n) is 11.2. The molecule has 308 valence electrons. The van der Waals surface area contributed by atoms with Crippen molar-refractivity contribution in [3.63, 3.8) is 0 Å². The molecule has 0 aromatic heterocycles. The summed E-state index contributed by atoms with van der Waals surface area (Å²) in [6.07, 6.45) is 0. The highest BCUT2D eigenvalue weighted by Crippen LogP contribution is 2.54. The summed E-state index contributed by atoms with van der Waals surface area (Å²) in [6.45, 7) is 9.48. The summed E-state index contributed by atoms with van der Waals surface area (Å²) in [6, 6.07) is 77.8. The Bertz CT molecular complexity index is 3590. The molecule has 2 heteroatoms. The molecule has 0 aliphatic heterocycles. The molecule has 2 aliphatic rings. The Kier molecular flexibility index (Phi) is 8.64. The number of fused-ring (bicyclic) bond motifs is 8. The van der Waals surface area contributed by atoms with E-state index in [0.717, 1.165) is 28.2 Å². The molecule has 0 N–H and O–H groups in total. The van der Waals surface area contributed by atoms with Gasteiger partial charge in [0.2, 0.25) is 0 Å². The lowest BCUT2D eigenvalue weighted by Crippen LogP contribution is -2.15. The van der Waals surface area contributed by atoms with Gasteiger partial charge in [0.25, 0.3) is 0 Å². The Morgan fingerprint density at radius 1 is 0.338 bits per heavy atom. The van der Waals surface area contributed by atoms with Crippen LogP contribution in [0.25, 0.3) is 77.2 Å². The molecule has 2 aliphatic carbocycles. The van der Waals surface area contributed by atoms with E-state index >= 15 is 0 Å². The van der Waals surface area contributed by atoms with Crippen molar-refractivity contribution in [1.82, 2.24) is 0 Å². The van der Waals surface area contributed by atoms with E-state index in [9.17, 15) is 5.26 Å². The zero-order chi connectivity index (χ0) is 44.0. The van der Waals surface area contributed by atoms with Crippen LogP contribution in [-0.2, 0) is 10.8 Å². The Hall–Kier alpha value is -7.99. The van der Waals surface area contributed by atoms with Crippen LogP contribution in [0.5, 0.6) is 0 Å². The first-order valence-electron chi connectivity index (χ1n) is 22.6. The number of hydrogen-bond acceptors (Lipinski definition) is 2. The van der Waals surface area contributed by atoms with Gasteiger partial charge in [-0.25, -0.2) is 0 Å². The monoisotopic (exact) mass is 830 g/mol. The summed E-state index contributed by atoms with van der Waals surface area (Å²) in [5.41, 5.74) is 21.7. The van der Waals surface area contributed by atoms with E-state index in [-0.39, 0.29) is 10.8 Å². The fraction of sp³-hybridized carbons (Fsp3) is 0.0952. The molecular formula is C63H46N2. The van der Waals surface area contributed by atoms with Gasteiger partial charge in [-0.3, -0.25) is 0 Å². The smallest absolute Gasteiger partial charge is 0.0991 e. The van der Waals surface area contributed by atoms with E-state index < -0.39 is 0 Å². The van der Waals surface area contributed by atoms with Crippen LogP contribution in [0.15, 0.2) is 206 Å². The highest BCUT2D eigenvalue weighted by molar-refractivity contribution is 6.22. The molecule has 0 bridgehead atoms. The van der Waals surface area contributed by atoms with Gasteiger partial charge in [0, 0.05) is 27.9 Å². The van der Waals surface area contributed by atoms with Crippen molar-refractivity contribution in [1.29, 1.82) is 5.26 Å². The van der Waals surface area contributed by atoms with E-state index in [1.165, 1.54) is 88.3 Å². The average molecular weight is 831 g/mol. The van der Waals surface area contributed by atoms with Gasteiger partial charge >= 0.3 is 0 Å². The maximum Gasteiger partial charge on any atom is 0.0991 e. The molecule has 0 radical (unpaired) electrons. The van der Waals surface area contributed by atoms with Gasteiger partial charge in [0.05, 0.1) is 11.6 Å². The summed E-state index contributed by atoms with van der Waals surface area (Å²) in [7, 11) is 0. The third-order valence-electron chi connectivity index (χ3n) is 14.5. The lowest BCUT2D eigenvalue weighted by molar-refractivity contribution is 0.660. The summed E-state index contributed by atoms with van der Waals surface area (Å²) in [5, 5.41) is 14.5. The molecule has 0 saturated heterocycles. The molecule has 65 heavy (non-hydrogen) atoms. The molecule has 0 unspecified atom stereocenters. The molecule has 12 rings (SSSR count). The van der Waals surface area contributed by atoms with Crippen LogP contribution in [0.2, 0.25) is 0 Å². The van der Waals surface area contributed by atoms with Crippen LogP contribution in [0.4, 0.5) is 17.1 Å². The summed E-state index contributed by atoms with van der Waals surface area (Å²) < 4.78 is 0. The standard InChI is InChI=1S/C63H46N2/c1-62(2)56-20-12-10-16-48(56)50-33-27-43(37-58(50)62)60-52-18-8-9-19-53(52)61(44-28-34-51-49-17-11-13-21-57(49)63(3,4)59(51)38-44)55-36-42(26-35-54(55)60)41-24-31-47(32-25-41)65(45-14-6-5-7-15-45)46-29-22-40(39-64)23-30-46/h5-38H,1-4H3. The van der Waals surface area contributed by atoms with Crippen molar-refractivity contribution in [3.05, 3.63) is 234 Å². The number of benzene rings is 10. The number of anilines is 3. The molecule has 2 nitrogen and oxygen atoms in total. The minimum Gasteiger partial charge on any atom is -0.311 e. The Labute approximate surface area is 381 Å². The van der Waals surface area contributed by atoms with E-state index in [4.69, 9.17) is 0 Å². The van der Waals surface area contributed by atoms with E-state index in [1.807, 2.05) is 30.3 Å². The van der Waals surface area contributed by atoms with Gasteiger partial charge in [0.1, 0.15) is 0 Å². The number of hydrogen-bond donors (Lipinski definition) is 0. The third-order valence-corrected chi connectivity index (χ3v) is 14.5. The molecule has 10 aromatic rings. The van der Waals surface area contributed by atoms with E-state index in [1.54, 1.807) is 0 Å². The third kappa shape index (κ3) is 5.93. The minimum atomic E-state index is -0.124. The molecule has 0 atom stereocenters. The number of nitriles is 1. The van der Waals surface area contributed by atoms with Gasteiger partial charge < -0.3 is 4.90 Å². The highest BCUT2D eigenvalue weighted by Gasteiger charge is 2.37. The fourth-order valence-corrected chi connectivity index (χ4v) is 11.2. The Morgan fingerprint density at radius 3 is 1.31 bits per heavy atom. The molecule has 0 fully saturated rings. The normalized spacial score (nSPS) is 13.8. The highest BCUT2D eigenvalue weighted by atomic mass is 15.1. The quantitative estimate of drug-likeness (QED) is 0.156. The second kappa shape index (κ2) is 14.5. The van der Waals surface area contributed by atoms with Crippen LogP contribution in [0.3, 0.4) is 0 Å². The van der Waals surface area contributed by atoms with Crippen LogP contribution in [-0.4, -0.2) is 0 Å². The first-order valence-corrected chi connectivity index (χ1v) is 22.6. The van der Waals surface area contributed by atoms with Crippen molar-refractivity contribution in [3.8, 4) is 61.7 Å². The van der Waals surface area contributed by atoms with Crippen molar-refractivity contribution in [2.24, 2.45) is 0 Å². The van der Waals surface area contributed by atoms with Gasteiger partial charge in [-0.15, -0.1) is 0 Å². The van der Waals surface area contributed by atoms with E-state index in [2.05, 4.69) is 215 Å². The van der Waals surface area contributed by atoms with Crippen LogP contribution in [0.1, 0.15) is 55.5 Å². The molecule has 0 amide bonds. The minimum absolute atomic E-state index is 0.113. The largest absolute Gasteiger partial charge is 0.311 e. The molecule has 0 heterocycles. The zero-order valence-corrected chi connectivity index (χ0v) is 37.0. The van der Waals surface area contributed by atoms with Crippen molar-refractivity contribution in [2.75, 3.05) is 4.90 Å². The lowest BCUT2D eigenvalue weighted by Gasteiger charge is -2.25. The predicted octanol–water partition coefficient (Wildman–Crippen LogP) is 16.9. The first-order chi connectivity index (χ1) is 31.7. The van der Waals surface area contributed by atoms with Gasteiger partial charge in [0.15, 0.2) is 0 Å². The van der Waals surface area contributed by atoms with Gasteiger partial charge in [-0.2, -0.15) is 5.26 Å². The number of para-hydroxylation sites is 1. The summed E-state index contributed by atoms with van der Waals surface area (Å²) >= 11 is 0. The first kappa shape index (κ1) is 38.7. The molecule has 10 aromatic carbocycles. The SMILES string of the molecule is CC1(C)c2ccccc2-c2ccc(-c3c4ccccc4c(-c4ccc5c(c4)C(C)(C)c4ccccc4-5)c4cc(-c5ccc(N(c6ccccc6)c6ccc(C#N)cc6)cc5)ccc34)cc21. The predicted molar refractivity (Wildman–Crippen MR) is 272 cm³/mol. The van der Waals surface area contributed by atoms with Crippen LogP contribution in [0, 0.1) is 11.3 Å². The summed E-state index contributed by atoms with van der Waals surface area (Å²) in [4.78, 5) is 2.24. The van der Waals surface area contributed by atoms with Crippen LogP contribution < -0.4 is 4.90 Å². The lowest BCUT2D eigenvalue weighted by atomic mass is 9.79. The number of nitrogens with zero attached hydrogens (tertiary/aromatic N) is 2. The van der Waals surface area contributed by atoms with E-state index in [0.29, 0.717) is 5.56 Å². The molecule has 0 spiro atoms. The second-order valence-corrected chi connectivity index (χ2v) is 18.8. The zero-order valence-electron chi connectivity index (χ0n) is 37.0. The molecular weight excluding hydrogens is 785 g/mol. The Balaban J connectivity index is 1.06. The van der Waals surface area contributed by atoms with Gasteiger partial charge in [-0.05, 0) is 166 Å². The maximum absolute atomic E-state index is 9.52. The Morgan fingerprint density at radius 2 is 0.754 bits per heavy atom. The second-order valence-electron chi connectivity index (χ2n) is 18.8. The summed E-state index contributed by atoms with van der Waals surface area (Å²) in [5.74, 6) is 0. The van der Waals surface area contributed by atoms with Crippen molar-refractivity contribution >= 4 is 38.6 Å².